The van der Waals surface area contributed by atoms with Crippen molar-refractivity contribution in [1.82, 2.24) is 0 Å². The SMILES string of the molecule is [2H]c1c([2H])c([2H])c(-c2c([2H])c([2H])c(-c3c4ccccc4c(-c4ccc5c(c4)oc4cc6ccccc6cc45)c4ccccc34)c([2H])c2-c2c([2H])c([2H])c([2H])c([2H])c2[2H])c([2H])c1[2H]. The molecule has 0 fully saturated rings. The Balaban J connectivity index is 1.33. The summed E-state index contributed by atoms with van der Waals surface area (Å²) < 4.78 is 122. The van der Waals surface area contributed by atoms with Crippen LogP contribution in [0, 0.1) is 0 Å². The topological polar surface area (TPSA) is 13.1 Å². The second-order valence-corrected chi connectivity index (χ2v) is 11.8. The normalized spacial score (nSPS) is 15.4. The Morgan fingerprint density at radius 2 is 0.898 bits per heavy atom. The third kappa shape index (κ3) is 4.47. The third-order valence-electron chi connectivity index (χ3n) is 9.12. The van der Waals surface area contributed by atoms with E-state index in [1.165, 1.54) is 0 Å². The van der Waals surface area contributed by atoms with Gasteiger partial charge in [0, 0.05) is 10.8 Å². The second kappa shape index (κ2) is 11.1. The predicted molar refractivity (Wildman–Crippen MR) is 208 cm³/mol. The quantitative estimate of drug-likeness (QED) is 0.175. The highest BCUT2D eigenvalue weighted by Crippen LogP contribution is 2.46. The number of fused-ring (bicyclic) bond motifs is 6. The molecule has 9 aromatic carbocycles. The van der Waals surface area contributed by atoms with Gasteiger partial charge in [-0.3, -0.25) is 0 Å². The summed E-state index contributed by atoms with van der Waals surface area (Å²) in [7, 11) is 0. The first-order chi connectivity index (χ1) is 29.7. The van der Waals surface area contributed by atoms with Gasteiger partial charge in [0.2, 0.25) is 0 Å². The van der Waals surface area contributed by atoms with E-state index in [0.717, 1.165) is 49.0 Å². The van der Waals surface area contributed by atoms with Crippen LogP contribution < -0.4 is 0 Å². The van der Waals surface area contributed by atoms with Gasteiger partial charge in [0.15, 0.2) is 0 Å². The van der Waals surface area contributed by atoms with Gasteiger partial charge in [-0.1, -0.05) is 151 Å². The van der Waals surface area contributed by atoms with Crippen LogP contribution in [0.5, 0.6) is 0 Å². The summed E-state index contributed by atoms with van der Waals surface area (Å²) in [6.07, 6.45) is 0. The molecule has 0 saturated heterocycles. The van der Waals surface area contributed by atoms with Gasteiger partial charge in [-0.05, 0) is 107 Å². The largest absolute Gasteiger partial charge is 0.456 e. The molecule has 1 heteroatoms. The van der Waals surface area contributed by atoms with Crippen LogP contribution in [0.1, 0.15) is 17.8 Å². The first-order valence-electron chi connectivity index (χ1n) is 22.3. The van der Waals surface area contributed by atoms with Gasteiger partial charge in [-0.25, -0.2) is 0 Å². The van der Waals surface area contributed by atoms with Crippen LogP contribution >= 0.6 is 0 Å². The molecule has 228 valence electrons. The summed E-state index contributed by atoms with van der Waals surface area (Å²) in [5.74, 6) is 0. The molecule has 10 aromatic rings. The summed E-state index contributed by atoms with van der Waals surface area (Å²) in [5, 5.41) is 6.70. The van der Waals surface area contributed by atoms with E-state index < -0.39 is 101 Å². The van der Waals surface area contributed by atoms with Gasteiger partial charge >= 0.3 is 0 Å². The van der Waals surface area contributed by atoms with Gasteiger partial charge in [0.05, 0.1) is 17.8 Å². The Bertz CT molecular complexity index is 3510. The molecule has 0 unspecified atom stereocenters. The summed E-state index contributed by atoms with van der Waals surface area (Å²) in [5.41, 5.74) is 1.39. The van der Waals surface area contributed by atoms with Crippen molar-refractivity contribution in [2.45, 2.75) is 0 Å². The fourth-order valence-corrected chi connectivity index (χ4v) is 6.98. The Morgan fingerprint density at radius 1 is 0.367 bits per heavy atom. The lowest BCUT2D eigenvalue weighted by molar-refractivity contribution is 0.669. The number of rotatable bonds is 4. The summed E-state index contributed by atoms with van der Waals surface area (Å²) in [4.78, 5) is 0. The third-order valence-corrected chi connectivity index (χ3v) is 9.12. The van der Waals surface area contributed by atoms with Crippen molar-refractivity contribution in [3.05, 3.63) is 182 Å². The van der Waals surface area contributed by atoms with Crippen molar-refractivity contribution in [2.75, 3.05) is 0 Å². The van der Waals surface area contributed by atoms with E-state index in [1.54, 1.807) is 0 Å². The smallest absolute Gasteiger partial charge is 0.136 e. The van der Waals surface area contributed by atoms with E-state index in [9.17, 15) is 4.11 Å². The number of furan rings is 1. The second-order valence-electron chi connectivity index (χ2n) is 11.8. The average molecular weight is 636 g/mol. The van der Waals surface area contributed by atoms with Crippen molar-refractivity contribution < 1.29 is 22.2 Å². The maximum absolute atomic E-state index is 9.99. The lowest BCUT2D eigenvalue weighted by atomic mass is 9.84. The molecular formula is C48H30O. The van der Waals surface area contributed by atoms with Crippen molar-refractivity contribution >= 4 is 54.3 Å². The van der Waals surface area contributed by atoms with Gasteiger partial charge in [0.1, 0.15) is 11.2 Å². The predicted octanol–water partition coefficient (Wildman–Crippen LogP) is 13.7. The van der Waals surface area contributed by atoms with Crippen molar-refractivity contribution in [3.63, 3.8) is 0 Å². The molecular weight excluding hydrogens is 593 g/mol. The highest BCUT2D eigenvalue weighted by molar-refractivity contribution is 6.22. The first-order valence-corrected chi connectivity index (χ1v) is 15.8. The molecule has 0 amide bonds. The molecule has 0 spiro atoms. The fraction of sp³-hybridized carbons (Fsp3) is 0. The molecule has 0 saturated carbocycles. The maximum atomic E-state index is 9.99. The first kappa shape index (κ1) is 17.6. The van der Waals surface area contributed by atoms with Crippen LogP contribution in [0.4, 0.5) is 0 Å². The van der Waals surface area contributed by atoms with Crippen molar-refractivity contribution in [2.24, 2.45) is 0 Å². The van der Waals surface area contributed by atoms with Gasteiger partial charge in [-0.2, -0.15) is 0 Å². The Morgan fingerprint density at radius 3 is 1.53 bits per heavy atom. The van der Waals surface area contributed by atoms with Gasteiger partial charge in [0.25, 0.3) is 0 Å². The lowest BCUT2D eigenvalue weighted by Gasteiger charge is -2.19. The van der Waals surface area contributed by atoms with Crippen LogP contribution in [0.15, 0.2) is 186 Å². The van der Waals surface area contributed by atoms with Crippen LogP contribution in [0.25, 0.3) is 98.8 Å². The molecule has 1 heterocycles. The molecule has 0 aliphatic heterocycles. The number of hydrogen-bond donors (Lipinski definition) is 0. The number of hydrogen-bond acceptors (Lipinski definition) is 1. The highest BCUT2D eigenvalue weighted by atomic mass is 16.3. The van der Waals surface area contributed by atoms with E-state index in [4.69, 9.17) is 18.1 Å². The zero-order chi connectivity index (χ0) is 43.6. The van der Waals surface area contributed by atoms with E-state index >= 15 is 0 Å². The van der Waals surface area contributed by atoms with Crippen LogP contribution in [-0.4, -0.2) is 0 Å². The molecule has 49 heavy (non-hydrogen) atoms. The van der Waals surface area contributed by atoms with E-state index in [1.807, 2.05) is 91.0 Å². The van der Waals surface area contributed by atoms with E-state index in [-0.39, 0.29) is 5.56 Å². The molecule has 0 aliphatic carbocycles. The van der Waals surface area contributed by atoms with Gasteiger partial charge < -0.3 is 4.42 Å². The zero-order valence-electron chi connectivity index (χ0n) is 38.7. The zero-order valence-corrected chi connectivity index (χ0v) is 25.7. The summed E-state index contributed by atoms with van der Waals surface area (Å²) in [6.45, 7) is 0. The number of benzene rings is 9. The standard InChI is InChI=1S/C48H30O/c1-3-13-31(14-4-1)37-25-23-35(28-43(37)32-15-5-2-6-16-32)47-39-19-9-11-21-41(39)48(42-22-12-10-20-40(42)47)36-24-26-38-44-27-33-17-7-8-18-34(33)29-46(44)49-45(38)30-36/h1-30H/i1D,2D,3D,4D,5D,6D,13D,14D,15D,16D,23D,25D,28D. The molecule has 1 aromatic heterocycles. The van der Waals surface area contributed by atoms with Gasteiger partial charge in [-0.15, -0.1) is 0 Å². The van der Waals surface area contributed by atoms with E-state index in [0.29, 0.717) is 21.9 Å². The Hall–Kier alpha value is -6.44. The van der Waals surface area contributed by atoms with E-state index in [2.05, 4.69) is 12.1 Å². The molecule has 0 aliphatic rings. The molecule has 0 radical (unpaired) electrons. The van der Waals surface area contributed by atoms with Crippen LogP contribution in [0.2, 0.25) is 0 Å². The summed E-state index contributed by atoms with van der Waals surface area (Å²) in [6, 6.07) is 24.2. The monoisotopic (exact) mass is 635 g/mol. The maximum Gasteiger partial charge on any atom is 0.136 e. The fourth-order valence-electron chi connectivity index (χ4n) is 6.98. The van der Waals surface area contributed by atoms with Crippen LogP contribution in [-0.2, 0) is 0 Å². The minimum absolute atomic E-state index is 0.105. The average Bonchev–Trinajstić information content (AvgIpc) is 3.64. The lowest BCUT2D eigenvalue weighted by Crippen LogP contribution is -1.92. The molecule has 0 atom stereocenters. The van der Waals surface area contributed by atoms with Crippen LogP contribution in [0.3, 0.4) is 0 Å². The minimum Gasteiger partial charge on any atom is -0.456 e. The molecule has 10 rings (SSSR count). The molecule has 0 N–H and O–H groups in total. The molecule has 1 nitrogen and oxygen atoms in total. The highest BCUT2D eigenvalue weighted by Gasteiger charge is 2.19. The molecule has 0 bridgehead atoms. The Kier molecular flexibility index (Phi) is 3.99. The van der Waals surface area contributed by atoms with Crippen molar-refractivity contribution in [1.29, 1.82) is 0 Å². The summed E-state index contributed by atoms with van der Waals surface area (Å²) >= 11 is 0. The van der Waals surface area contributed by atoms with Crippen molar-refractivity contribution in [3.8, 4) is 44.5 Å². The Labute approximate surface area is 302 Å². The minimum atomic E-state index is -0.739.